The summed E-state index contributed by atoms with van der Waals surface area (Å²) in [6.07, 6.45) is 0. The Morgan fingerprint density at radius 1 is 1.36 bits per heavy atom. The topological polar surface area (TPSA) is 63.4 Å². The minimum atomic E-state index is -0.469. The maximum absolute atomic E-state index is 11.3. The molecular formula is C9H9N2O2S. The summed E-state index contributed by atoms with van der Waals surface area (Å²) >= 11 is 0.413. The molecular weight excluding hydrogens is 200 g/mol. The van der Waals surface area contributed by atoms with Gasteiger partial charge < -0.3 is 10.6 Å². The van der Waals surface area contributed by atoms with Gasteiger partial charge in [-0.1, -0.05) is 0 Å². The first kappa shape index (κ1) is 9.08. The first-order valence-electron chi connectivity index (χ1n) is 4.03. The fraction of sp³-hybridized carbons (Fsp3) is 0.111. The summed E-state index contributed by atoms with van der Waals surface area (Å²) in [5, 5.41) is -0.411. The van der Waals surface area contributed by atoms with Crippen molar-refractivity contribution in [3.05, 3.63) is 18.2 Å². The summed E-state index contributed by atoms with van der Waals surface area (Å²) in [6, 6.07) is 5.19. The molecule has 1 heterocycles. The molecule has 0 spiro atoms. The molecule has 2 rings (SSSR count). The summed E-state index contributed by atoms with van der Waals surface area (Å²) in [7, 11) is 1.59. The Morgan fingerprint density at radius 2 is 2.07 bits per heavy atom. The number of nitrogen functional groups attached to an aromatic ring is 1. The van der Waals surface area contributed by atoms with Crippen LogP contribution in [0.2, 0.25) is 0 Å². The van der Waals surface area contributed by atoms with Crippen LogP contribution in [0.1, 0.15) is 0 Å². The second-order valence-corrected chi connectivity index (χ2v) is 4.14. The van der Waals surface area contributed by atoms with Crippen molar-refractivity contribution < 1.29 is 9.59 Å². The van der Waals surface area contributed by atoms with Crippen LogP contribution in [0.15, 0.2) is 23.1 Å². The van der Waals surface area contributed by atoms with E-state index in [-0.39, 0.29) is 0 Å². The Morgan fingerprint density at radius 3 is 2.79 bits per heavy atom. The van der Waals surface area contributed by atoms with Gasteiger partial charge in [0.2, 0.25) is 0 Å². The van der Waals surface area contributed by atoms with Crippen molar-refractivity contribution >= 4 is 34.2 Å². The van der Waals surface area contributed by atoms with Crippen LogP contribution >= 0.6 is 11.8 Å². The van der Waals surface area contributed by atoms with Gasteiger partial charge in [0.05, 0.1) is 5.69 Å². The third kappa shape index (κ3) is 1.26. The van der Waals surface area contributed by atoms with E-state index in [0.29, 0.717) is 17.4 Å². The Balaban J connectivity index is 2.56. The standard InChI is InChI=1S/C9H9N2O2S/c1-11-6-3-2-5(10)4-7(6)14-9(13)8(11)12/h2-4,14H,10H2,1H3. The number of hydrogen-bond donors (Lipinski definition) is 2. The van der Waals surface area contributed by atoms with Crippen molar-refractivity contribution in [2.45, 2.75) is 4.90 Å². The van der Waals surface area contributed by atoms with Crippen molar-refractivity contribution in [3.8, 4) is 0 Å². The molecule has 1 amide bonds. The molecule has 1 aromatic carbocycles. The average Bonchev–Trinajstić information content (AvgIpc) is 2.14. The second-order valence-electron chi connectivity index (χ2n) is 3.03. The molecule has 0 saturated carbocycles. The van der Waals surface area contributed by atoms with Gasteiger partial charge in [0, 0.05) is 17.6 Å². The quantitative estimate of drug-likeness (QED) is 0.373. The highest BCUT2D eigenvalue weighted by Crippen LogP contribution is 2.36. The van der Waals surface area contributed by atoms with E-state index in [9.17, 15) is 9.59 Å². The number of rotatable bonds is 0. The highest BCUT2D eigenvalue weighted by molar-refractivity contribution is 8.15. The molecule has 0 bridgehead atoms. The number of thiol groups is 1. The van der Waals surface area contributed by atoms with Crippen LogP contribution in [-0.4, -0.2) is 18.1 Å². The molecule has 0 aliphatic carbocycles. The van der Waals surface area contributed by atoms with Crippen LogP contribution < -0.4 is 10.6 Å². The van der Waals surface area contributed by atoms with E-state index < -0.39 is 11.0 Å². The molecule has 2 N–H and O–H groups in total. The fourth-order valence-electron chi connectivity index (χ4n) is 1.32. The van der Waals surface area contributed by atoms with E-state index in [2.05, 4.69) is 0 Å². The van der Waals surface area contributed by atoms with E-state index in [1.165, 1.54) is 4.90 Å². The van der Waals surface area contributed by atoms with Gasteiger partial charge in [0.1, 0.15) is 0 Å². The summed E-state index contributed by atoms with van der Waals surface area (Å²) < 4.78 is 0. The molecule has 0 fully saturated rings. The molecule has 0 aromatic heterocycles. The minimum Gasteiger partial charge on any atom is -0.399 e. The van der Waals surface area contributed by atoms with Crippen LogP contribution in [-0.2, 0) is 9.59 Å². The lowest BCUT2D eigenvalue weighted by molar-refractivity contribution is -0.131. The number of fused-ring (bicyclic) bond motifs is 1. The summed E-state index contributed by atoms with van der Waals surface area (Å²) in [6.45, 7) is 0. The number of hydrogen-bond acceptors (Lipinski definition) is 3. The summed E-state index contributed by atoms with van der Waals surface area (Å²) in [5.74, 6) is -0.469. The fourth-order valence-corrected chi connectivity index (χ4v) is 2.34. The van der Waals surface area contributed by atoms with Crippen molar-refractivity contribution in [1.82, 2.24) is 0 Å². The highest BCUT2D eigenvalue weighted by Gasteiger charge is 2.28. The van der Waals surface area contributed by atoms with Gasteiger partial charge in [-0.05, 0) is 18.2 Å². The zero-order valence-corrected chi connectivity index (χ0v) is 8.41. The molecule has 73 valence electrons. The lowest BCUT2D eigenvalue weighted by atomic mass is 10.2. The van der Waals surface area contributed by atoms with Gasteiger partial charge in [-0.2, -0.15) is 0 Å². The minimum absolute atomic E-state index is 0.411. The van der Waals surface area contributed by atoms with Crippen molar-refractivity contribution in [2.75, 3.05) is 17.7 Å². The zero-order valence-electron chi connectivity index (χ0n) is 7.52. The normalized spacial score (nSPS) is 15.6. The van der Waals surface area contributed by atoms with Crippen LogP contribution in [0.25, 0.3) is 0 Å². The first-order chi connectivity index (χ1) is 6.59. The highest BCUT2D eigenvalue weighted by atomic mass is 32.2. The van der Waals surface area contributed by atoms with E-state index in [1.54, 1.807) is 25.2 Å². The molecule has 5 heteroatoms. The number of anilines is 2. The van der Waals surface area contributed by atoms with Gasteiger partial charge in [-0.25, -0.2) is 0 Å². The maximum Gasteiger partial charge on any atom is 0.304 e. The number of carbonyl (C=O) groups is 2. The largest absolute Gasteiger partial charge is 0.399 e. The van der Waals surface area contributed by atoms with Crippen molar-refractivity contribution in [1.29, 1.82) is 0 Å². The van der Waals surface area contributed by atoms with Gasteiger partial charge in [0.25, 0.3) is 5.12 Å². The van der Waals surface area contributed by atoms with Gasteiger partial charge in [-0.15, -0.1) is 11.8 Å². The number of carbonyl (C=O) groups excluding carboxylic acids is 2. The third-order valence-corrected chi connectivity index (χ3v) is 3.06. The number of likely N-dealkylation sites (N-methyl/N-ethyl adjacent to an activating group) is 1. The molecule has 0 saturated heterocycles. The molecule has 1 aliphatic rings. The van der Waals surface area contributed by atoms with E-state index in [1.807, 2.05) is 0 Å². The lowest BCUT2D eigenvalue weighted by Crippen LogP contribution is -2.34. The third-order valence-electron chi connectivity index (χ3n) is 2.07. The second kappa shape index (κ2) is 3.02. The monoisotopic (exact) mass is 209 g/mol. The lowest BCUT2D eigenvalue weighted by Gasteiger charge is -2.24. The van der Waals surface area contributed by atoms with E-state index >= 15 is 0 Å². The van der Waals surface area contributed by atoms with Crippen LogP contribution in [0.4, 0.5) is 11.4 Å². The predicted octanol–water partition coefficient (Wildman–Crippen LogP) is 0.596. The average molecular weight is 209 g/mol. The molecule has 14 heavy (non-hydrogen) atoms. The molecule has 1 radical (unpaired) electrons. The summed E-state index contributed by atoms with van der Waals surface area (Å²) in [5.41, 5.74) is 6.95. The number of nitrogens with zero attached hydrogens (tertiary/aromatic N) is 1. The molecule has 0 unspecified atom stereocenters. The number of nitrogens with two attached hydrogens (primary N) is 1. The Bertz CT molecular complexity index is 431. The van der Waals surface area contributed by atoms with Crippen molar-refractivity contribution in [2.24, 2.45) is 0 Å². The zero-order chi connectivity index (χ0) is 10.3. The molecule has 0 atom stereocenters. The number of amides is 1. The predicted molar refractivity (Wildman–Crippen MR) is 56.5 cm³/mol. The molecule has 1 aromatic rings. The van der Waals surface area contributed by atoms with Gasteiger partial charge in [-0.3, -0.25) is 9.59 Å². The molecule has 4 nitrogen and oxygen atoms in total. The van der Waals surface area contributed by atoms with E-state index in [0.717, 1.165) is 10.6 Å². The van der Waals surface area contributed by atoms with Crippen molar-refractivity contribution in [3.63, 3.8) is 0 Å². The molecule has 1 aliphatic heterocycles. The Hall–Kier alpha value is -1.49. The van der Waals surface area contributed by atoms with Crippen LogP contribution in [0, 0.1) is 0 Å². The number of benzene rings is 1. The van der Waals surface area contributed by atoms with Gasteiger partial charge in [0.15, 0.2) is 0 Å². The first-order valence-corrected chi connectivity index (χ1v) is 4.92. The van der Waals surface area contributed by atoms with Gasteiger partial charge >= 0.3 is 5.91 Å². The summed E-state index contributed by atoms with van der Waals surface area (Å²) in [4.78, 5) is 24.7. The SMILES string of the molecule is CN1C(=O)C(=O)[SH]c2cc(N)ccc21. The van der Waals surface area contributed by atoms with E-state index in [4.69, 9.17) is 5.73 Å². The smallest absolute Gasteiger partial charge is 0.304 e. The van der Waals surface area contributed by atoms with Crippen LogP contribution in [0.5, 0.6) is 0 Å². The maximum atomic E-state index is 11.3. The Labute approximate surface area is 85.1 Å². The Kier molecular flexibility index (Phi) is 1.96. The van der Waals surface area contributed by atoms with Crippen LogP contribution in [0.3, 0.4) is 0 Å².